The van der Waals surface area contributed by atoms with E-state index in [1.165, 1.54) is 17.2 Å². The molecule has 0 bridgehead atoms. The third-order valence-electron chi connectivity index (χ3n) is 7.26. The average Bonchev–Trinajstić information content (AvgIpc) is 3.02. The number of amides is 4. The Morgan fingerprint density at radius 2 is 1.78 bits per heavy atom. The summed E-state index contributed by atoms with van der Waals surface area (Å²) in [5.74, 6) is -1.13. The second-order valence-electron chi connectivity index (χ2n) is 10.9. The number of nitrogens with two attached hydrogens (primary N) is 1. The van der Waals surface area contributed by atoms with E-state index in [1.807, 2.05) is 11.8 Å². The van der Waals surface area contributed by atoms with Crippen LogP contribution in [0.4, 0.5) is 28.8 Å². The van der Waals surface area contributed by atoms with Crippen LogP contribution in [0, 0.1) is 0 Å². The summed E-state index contributed by atoms with van der Waals surface area (Å²) in [5.41, 5.74) is 7.38. The number of aromatic nitrogens is 2. The minimum absolute atomic E-state index is 0.213. The van der Waals surface area contributed by atoms with Gasteiger partial charge in [0.05, 0.1) is 6.10 Å². The first kappa shape index (κ1) is 33.6. The topological polar surface area (TPSA) is 195 Å². The zero-order valence-electron chi connectivity index (χ0n) is 26.0. The molecule has 1 saturated heterocycles. The van der Waals surface area contributed by atoms with Crippen LogP contribution in [-0.2, 0) is 9.59 Å². The lowest BCUT2D eigenvalue weighted by Crippen LogP contribution is -2.50. The Labute approximate surface area is 267 Å². The summed E-state index contributed by atoms with van der Waals surface area (Å²) >= 11 is 0. The number of anilines is 5. The van der Waals surface area contributed by atoms with Crippen LogP contribution in [0.25, 0.3) is 0 Å². The second kappa shape index (κ2) is 15.6. The maximum Gasteiger partial charge on any atom is 0.260 e. The van der Waals surface area contributed by atoms with Crippen molar-refractivity contribution in [1.29, 1.82) is 0 Å². The summed E-state index contributed by atoms with van der Waals surface area (Å²) in [4.78, 5) is 62.2. The first-order chi connectivity index (χ1) is 22.0. The van der Waals surface area contributed by atoms with Gasteiger partial charge in [0.15, 0.2) is 0 Å². The van der Waals surface area contributed by atoms with Crippen molar-refractivity contribution in [1.82, 2.24) is 19.8 Å². The van der Waals surface area contributed by atoms with Crippen molar-refractivity contribution >= 4 is 52.5 Å². The molecule has 46 heavy (non-hydrogen) atoms. The van der Waals surface area contributed by atoms with Gasteiger partial charge in [-0.1, -0.05) is 19.1 Å². The van der Waals surface area contributed by atoms with Crippen molar-refractivity contribution in [3.63, 3.8) is 0 Å². The van der Waals surface area contributed by atoms with E-state index in [0.29, 0.717) is 54.6 Å². The predicted octanol–water partition coefficient (Wildman–Crippen LogP) is 2.41. The van der Waals surface area contributed by atoms with Crippen LogP contribution in [0.2, 0.25) is 0 Å². The van der Waals surface area contributed by atoms with E-state index in [1.54, 1.807) is 68.6 Å². The first-order valence-corrected chi connectivity index (χ1v) is 14.9. The molecule has 4 rings (SSSR count). The number of nitrogens with one attached hydrogen (secondary N) is 4. The number of carbonyl (C=O) groups is 4. The number of carbonyl (C=O) groups excluding carboxylic acids is 4. The number of likely N-dealkylation sites (N-methyl/N-ethyl adjacent to an activating group) is 1. The standard InChI is InChI=1S/C32H39N9O5/c1-4-14-34-29-26(17-35-32(39-29)38-22-12-10-21(11-13-22)28(33)44)31(46)37-24-8-5-7-23(16-24)36-30(45)20(2)40(3)27(43)9-6-15-41-18-25(42)19-41/h5-13,16-17,20,25,42H,4,14-15,18-19H2,1-3H3,(H2,33,44)(H,36,45)(H,37,46)(H2,34,35,38,39)/b9-6+/t20-/m0/s1. The highest BCUT2D eigenvalue weighted by Gasteiger charge is 2.24. The SMILES string of the molecule is CCCNc1nc(Nc2ccc(C(N)=O)cc2)ncc1C(=O)Nc1cccc(NC(=O)[C@H](C)N(C)C(=O)/C=C/CN2CC(O)C2)c1. The van der Waals surface area contributed by atoms with Gasteiger partial charge in [-0.3, -0.25) is 24.1 Å². The number of primary amides is 1. The molecule has 1 aliphatic rings. The Bertz CT molecular complexity index is 1590. The van der Waals surface area contributed by atoms with Crippen molar-refractivity contribution in [2.24, 2.45) is 5.73 Å². The van der Waals surface area contributed by atoms with Crippen LogP contribution < -0.4 is 27.0 Å². The molecular formula is C32H39N9O5. The second-order valence-corrected chi connectivity index (χ2v) is 10.9. The minimum Gasteiger partial charge on any atom is -0.390 e. The maximum absolute atomic E-state index is 13.3. The molecule has 1 aliphatic heterocycles. The molecule has 0 saturated carbocycles. The lowest BCUT2D eigenvalue weighted by atomic mass is 10.2. The molecule has 3 aromatic rings. The molecule has 14 heteroatoms. The Kier molecular flexibility index (Phi) is 11.4. The smallest absolute Gasteiger partial charge is 0.260 e. The van der Waals surface area contributed by atoms with Gasteiger partial charge in [-0.15, -0.1) is 0 Å². The maximum atomic E-state index is 13.3. The van der Waals surface area contributed by atoms with Gasteiger partial charge in [0.1, 0.15) is 17.4 Å². The Balaban J connectivity index is 1.38. The Hall–Kier alpha value is -5.34. The van der Waals surface area contributed by atoms with E-state index in [0.717, 1.165) is 6.42 Å². The quantitative estimate of drug-likeness (QED) is 0.144. The molecule has 0 aliphatic carbocycles. The highest BCUT2D eigenvalue weighted by molar-refractivity contribution is 6.08. The monoisotopic (exact) mass is 629 g/mol. The van der Waals surface area contributed by atoms with Crippen LogP contribution in [0.1, 0.15) is 41.0 Å². The van der Waals surface area contributed by atoms with E-state index in [4.69, 9.17) is 5.73 Å². The van der Waals surface area contributed by atoms with E-state index >= 15 is 0 Å². The van der Waals surface area contributed by atoms with E-state index < -0.39 is 23.8 Å². The van der Waals surface area contributed by atoms with Gasteiger partial charge in [-0.25, -0.2) is 4.98 Å². The summed E-state index contributed by atoms with van der Waals surface area (Å²) in [6.07, 6.45) is 5.02. The summed E-state index contributed by atoms with van der Waals surface area (Å²) in [7, 11) is 1.55. The highest BCUT2D eigenvalue weighted by atomic mass is 16.3. The van der Waals surface area contributed by atoms with Crippen LogP contribution in [0.3, 0.4) is 0 Å². The van der Waals surface area contributed by atoms with Gasteiger partial charge in [-0.05, 0) is 55.8 Å². The Morgan fingerprint density at radius 1 is 1.09 bits per heavy atom. The molecule has 0 radical (unpaired) electrons. The van der Waals surface area contributed by atoms with Crippen molar-refractivity contribution in [3.8, 4) is 0 Å². The normalized spacial score (nSPS) is 13.8. The molecule has 0 unspecified atom stereocenters. The molecule has 4 amide bonds. The number of nitrogens with zero attached hydrogens (tertiary/aromatic N) is 4. The molecular weight excluding hydrogens is 590 g/mol. The van der Waals surface area contributed by atoms with Crippen LogP contribution in [0.5, 0.6) is 0 Å². The molecule has 1 fully saturated rings. The van der Waals surface area contributed by atoms with Crippen LogP contribution in [-0.4, -0.2) is 93.9 Å². The first-order valence-electron chi connectivity index (χ1n) is 14.9. The fraction of sp³-hybridized carbons (Fsp3) is 0.312. The Morgan fingerprint density at radius 3 is 2.43 bits per heavy atom. The zero-order chi connectivity index (χ0) is 33.2. The zero-order valence-corrected chi connectivity index (χ0v) is 26.0. The van der Waals surface area contributed by atoms with E-state index in [2.05, 4.69) is 31.2 Å². The van der Waals surface area contributed by atoms with Crippen LogP contribution in [0.15, 0.2) is 66.9 Å². The molecule has 2 aromatic carbocycles. The van der Waals surface area contributed by atoms with Crippen molar-refractivity contribution in [2.75, 3.05) is 54.5 Å². The molecule has 1 atom stereocenters. The highest BCUT2D eigenvalue weighted by Crippen LogP contribution is 2.21. The van der Waals surface area contributed by atoms with E-state index in [-0.39, 0.29) is 23.5 Å². The van der Waals surface area contributed by atoms with Crippen molar-refractivity contribution in [2.45, 2.75) is 32.4 Å². The number of benzene rings is 2. The molecule has 14 nitrogen and oxygen atoms in total. The number of hydrogen-bond acceptors (Lipinski definition) is 10. The lowest BCUT2D eigenvalue weighted by molar-refractivity contribution is -0.132. The lowest BCUT2D eigenvalue weighted by Gasteiger charge is -2.34. The predicted molar refractivity (Wildman–Crippen MR) is 176 cm³/mol. The molecule has 2 heterocycles. The molecule has 1 aromatic heterocycles. The third-order valence-corrected chi connectivity index (χ3v) is 7.26. The van der Waals surface area contributed by atoms with Gasteiger partial charge in [0.2, 0.25) is 23.7 Å². The third kappa shape index (κ3) is 9.09. The summed E-state index contributed by atoms with van der Waals surface area (Å²) in [5, 5.41) is 21.2. The fourth-order valence-electron chi connectivity index (χ4n) is 4.43. The number of aliphatic hydroxyl groups is 1. The number of β-amino-alcohol motifs (C(OH)–C–C–N with tert-alkyl or cyclic N) is 1. The molecule has 7 N–H and O–H groups in total. The molecule has 242 valence electrons. The number of rotatable bonds is 14. The van der Waals surface area contributed by atoms with Gasteiger partial charge in [0.25, 0.3) is 5.91 Å². The number of aliphatic hydroxyl groups excluding tert-OH is 1. The number of likely N-dealkylation sites (tertiary alicyclic amines) is 1. The van der Waals surface area contributed by atoms with Gasteiger partial charge in [-0.2, -0.15) is 4.98 Å². The van der Waals surface area contributed by atoms with Gasteiger partial charge in [0, 0.05) is 68.1 Å². The van der Waals surface area contributed by atoms with Crippen LogP contribution >= 0.6 is 0 Å². The fourth-order valence-corrected chi connectivity index (χ4v) is 4.43. The summed E-state index contributed by atoms with van der Waals surface area (Å²) < 4.78 is 0. The van der Waals surface area contributed by atoms with Gasteiger partial charge >= 0.3 is 0 Å². The largest absolute Gasteiger partial charge is 0.390 e. The molecule has 0 spiro atoms. The average molecular weight is 630 g/mol. The summed E-state index contributed by atoms with van der Waals surface area (Å²) in [6, 6.07) is 12.4. The van der Waals surface area contributed by atoms with Crippen molar-refractivity contribution < 1.29 is 24.3 Å². The summed E-state index contributed by atoms with van der Waals surface area (Å²) in [6.45, 7) is 5.89. The minimum atomic E-state index is -0.765. The van der Waals surface area contributed by atoms with Crippen molar-refractivity contribution in [3.05, 3.63) is 78.0 Å². The van der Waals surface area contributed by atoms with E-state index in [9.17, 15) is 24.3 Å². The number of hydrogen-bond donors (Lipinski definition) is 6. The van der Waals surface area contributed by atoms with Gasteiger partial charge < -0.3 is 37.0 Å².